The minimum atomic E-state index is -3.38. The molecule has 7 heteroatoms. The van der Waals surface area contributed by atoms with E-state index >= 15 is 0 Å². The lowest BCUT2D eigenvalue weighted by Gasteiger charge is -2.33. The molecule has 1 N–H and O–H groups in total. The quantitative estimate of drug-likeness (QED) is 0.870. The Morgan fingerprint density at radius 3 is 2.38 bits per heavy atom. The van der Waals surface area contributed by atoms with E-state index in [2.05, 4.69) is 11.9 Å². The average molecular weight is 309 g/mol. The van der Waals surface area contributed by atoms with E-state index in [-0.39, 0.29) is 12.5 Å². The number of benzene rings is 1. The summed E-state index contributed by atoms with van der Waals surface area (Å²) in [6.07, 6.45) is 0. The molecule has 0 unspecified atom stereocenters. The topological polar surface area (TPSA) is 69.7 Å². The standard InChI is InChI=1S/C14H19N3O3S/c1-2-21(19,20)17-10-8-16(9-11-17)14(18)12-15-13-6-4-3-5-7-13/h2-7,15H,1,8-12H2. The van der Waals surface area contributed by atoms with E-state index in [1.165, 1.54) is 4.31 Å². The molecule has 1 aromatic rings. The maximum Gasteiger partial charge on any atom is 0.241 e. The van der Waals surface area contributed by atoms with E-state index in [4.69, 9.17) is 0 Å². The molecule has 0 atom stereocenters. The summed E-state index contributed by atoms with van der Waals surface area (Å²) in [5.41, 5.74) is 0.888. The molecule has 21 heavy (non-hydrogen) atoms. The number of carbonyl (C=O) groups excluding carboxylic acids is 1. The van der Waals surface area contributed by atoms with Crippen LogP contribution in [0.3, 0.4) is 0 Å². The minimum absolute atomic E-state index is 0.0329. The zero-order valence-corrected chi connectivity index (χ0v) is 12.6. The van der Waals surface area contributed by atoms with Crippen molar-refractivity contribution >= 4 is 21.6 Å². The highest BCUT2D eigenvalue weighted by Gasteiger charge is 2.26. The second-order valence-electron chi connectivity index (χ2n) is 4.71. The van der Waals surface area contributed by atoms with Crippen molar-refractivity contribution in [2.45, 2.75) is 0 Å². The van der Waals surface area contributed by atoms with Gasteiger partial charge in [-0.3, -0.25) is 4.79 Å². The Hall–Kier alpha value is -1.86. The van der Waals surface area contributed by atoms with Gasteiger partial charge in [0.25, 0.3) is 0 Å². The summed E-state index contributed by atoms with van der Waals surface area (Å²) < 4.78 is 24.6. The van der Waals surface area contributed by atoms with Crippen LogP contribution in [0.25, 0.3) is 0 Å². The molecule has 1 aliphatic rings. The summed E-state index contributed by atoms with van der Waals surface area (Å²) in [4.78, 5) is 13.7. The van der Waals surface area contributed by atoms with Gasteiger partial charge in [-0.25, -0.2) is 8.42 Å². The molecule has 1 fully saturated rings. The van der Waals surface area contributed by atoms with Crippen LogP contribution in [0.1, 0.15) is 0 Å². The van der Waals surface area contributed by atoms with Gasteiger partial charge in [0, 0.05) is 37.3 Å². The summed E-state index contributed by atoms with van der Waals surface area (Å²) in [5, 5.41) is 4.00. The number of rotatable bonds is 5. The smallest absolute Gasteiger partial charge is 0.241 e. The normalized spacial score (nSPS) is 16.5. The van der Waals surface area contributed by atoms with Crippen molar-refractivity contribution < 1.29 is 13.2 Å². The zero-order chi connectivity index (χ0) is 15.3. The number of nitrogens with zero attached hydrogens (tertiary/aromatic N) is 2. The first-order valence-corrected chi connectivity index (χ1v) is 8.22. The van der Waals surface area contributed by atoms with Gasteiger partial charge < -0.3 is 10.2 Å². The predicted octanol–water partition coefficient (Wildman–Crippen LogP) is 0.716. The molecule has 1 aliphatic heterocycles. The van der Waals surface area contributed by atoms with Gasteiger partial charge in [-0.1, -0.05) is 24.8 Å². The van der Waals surface area contributed by atoms with Crippen molar-refractivity contribution in [2.24, 2.45) is 0 Å². The van der Waals surface area contributed by atoms with E-state index in [0.29, 0.717) is 26.2 Å². The van der Waals surface area contributed by atoms with Crippen LogP contribution in [0.2, 0.25) is 0 Å². The largest absolute Gasteiger partial charge is 0.376 e. The predicted molar refractivity (Wildman–Crippen MR) is 82.2 cm³/mol. The molecule has 114 valence electrons. The lowest BCUT2D eigenvalue weighted by atomic mass is 10.3. The lowest BCUT2D eigenvalue weighted by molar-refractivity contribution is -0.130. The van der Waals surface area contributed by atoms with Crippen LogP contribution >= 0.6 is 0 Å². The maximum atomic E-state index is 12.1. The molecule has 1 aromatic carbocycles. The molecule has 0 radical (unpaired) electrons. The molecule has 0 aliphatic carbocycles. The third-order valence-electron chi connectivity index (χ3n) is 3.38. The number of anilines is 1. The van der Waals surface area contributed by atoms with E-state index in [1.54, 1.807) is 4.90 Å². The highest BCUT2D eigenvalue weighted by Crippen LogP contribution is 2.09. The molecule has 0 bridgehead atoms. The van der Waals surface area contributed by atoms with E-state index in [9.17, 15) is 13.2 Å². The van der Waals surface area contributed by atoms with Crippen LogP contribution in [0.5, 0.6) is 0 Å². The highest BCUT2D eigenvalue weighted by atomic mass is 32.2. The van der Waals surface area contributed by atoms with Gasteiger partial charge in [0.2, 0.25) is 15.9 Å². The van der Waals surface area contributed by atoms with Gasteiger partial charge in [-0.05, 0) is 12.1 Å². The van der Waals surface area contributed by atoms with Gasteiger partial charge in [0.15, 0.2) is 0 Å². The Morgan fingerprint density at radius 2 is 1.81 bits per heavy atom. The monoisotopic (exact) mass is 309 g/mol. The molecule has 1 saturated heterocycles. The van der Waals surface area contributed by atoms with Gasteiger partial charge >= 0.3 is 0 Å². The Kier molecular flexibility index (Phi) is 4.98. The molecule has 0 aromatic heterocycles. The molecular weight excluding hydrogens is 290 g/mol. The molecule has 6 nitrogen and oxygen atoms in total. The van der Waals surface area contributed by atoms with E-state index in [0.717, 1.165) is 11.1 Å². The first kappa shape index (κ1) is 15.5. The molecular formula is C14H19N3O3S. The highest BCUT2D eigenvalue weighted by molar-refractivity contribution is 7.92. The number of amides is 1. The molecule has 1 heterocycles. The van der Waals surface area contributed by atoms with Crippen LogP contribution in [-0.4, -0.2) is 56.3 Å². The second-order valence-corrected chi connectivity index (χ2v) is 6.59. The van der Waals surface area contributed by atoms with Crippen LogP contribution in [0.15, 0.2) is 42.3 Å². The SMILES string of the molecule is C=CS(=O)(=O)N1CCN(C(=O)CNc2ccccc2)CC1. The first-order valence-electron chi connectivity index (χ1n) is 6.72. The number of hydrogen-bond acceptors (Lipinski definition) is 4. The summed E-state index contributed by atoms with van der Waals surface area (Å²) in [7, 11) is -3.38. The van der Waals surface area contributed by atoms with Crippen molar-refractivity contribution in [2.75, 3.05) is 38.0 Å². The van der Waals surface area contributed by atoms with Gasteiger partial charge in [-0.2, -0.15) is 4.31 Å². The van der Waals surface area contributed by atoms with Crippen LogP contribution in [-0.2, 0) is 14.8 Å². The fourth-order valence-corrected chi connectivity index (χ4v) is 3.03. The van der Waals surface area contributed by atoms with Crippen molar-refractivity contribution in [3.05, 3.63) is 42.3 Å². The fraction of sp³-hybridized carbons (Fsp3) is 0.357. The number of piperazine rings is 1. The Bertz CT molecular complexity index is 593. The number of hydrogen-bond donors (Lipinski definition) is 1. The number of para-hydroxylation sites is 1. The number of nitrogens with one attached hydrogen (secondary N) is 1. The van der Waals surface area contributed by atoms with Crippen molar-refractivity contribution in [3.8, 4) is 0 Å². The Morgan fingerprint density at radius 1 is 1.19 bits per heavy atom. The lowest BCUT2D eigenvalue weighted by Crippen LogP contribution is -2.51. The van der Waals surface area contributed by atoms with Gasteiger partial charge in [-0.15, -0.1) is 0 Å². The summed E-state index contributed by atoms with van der Waals surface area (Å²) >= 11 is 0. The van der Waals surface area contributed by atoms with Crippen molar-refractivity contribution in [1.82, 2.24) is 9.21 Å². The maximum absolute atomic E-state index is 12.1. The first-order chi connectivity index (χ1) is 10.0. The Balaban J connectivity index is 1.82. The zero-order valence-electron chi connectivity index (χ0n) is 11.7. The third kappa shape index (κ3) is 4.05. The van der Waals surface area contributed by atoms with E-state index < -0.39 is 10.0 Å². The number of carbonyl (C=O) groups is 1. The number of sulfonamides is 1. The van der Waals surface area contributed by atoms with E-state index in [1.807, 2.05) is 30.3 Å². The van der Waals surface area contributed by atoms with Gasteiger partial charge in [0.1, 0.15) is 0 Å². The summed E-state index contributed by atoms with van der Waals surface area (Å²) in [6, 6.07) is 9.48. The van der Waals surface area contributed by atoms with Crippen LogP contribution in [0, 0.1) is 0 Å². The molecule has 2 rings (SSSR count). The van der Waals surface area contributed by atoms with Crippen molar-refractivity contribution in [1.29, 1.82) is 0 Å². The fourth-order valence-electron chi connectivity index (χ4n) is 2.14. The second kappa shape index (κ2) is 6.73. The third-order valence-corrected chi connectivity index (χ3v) is 4.89. The minimum Gasteiger partial charge on any atom is -0.376 e. The molecule has 0 spiro atoms. The van der Waals surface area contributed by atoms with Crippen LogP contribution < -0.4 is 5.32 Å². The molecule has 1 amide bonds. The summed E-state index contributed by atoms with van der Waals surface area (Å²) in [5.74, 6) is -0.0329. The molecule has 0 saturated carbocycles. The van der Waals surface area contributed by atoms with Crippen molar-refractivity contribution in [3.63, 3.8) is 0 Å². The summed E-state index contributed by atoms with van der Waals surface area (Å²) in [6.45, 7) is 4.94. The van der Waals surface area contributed by atoms with Gasteiger partial charge in [0.05, 0.1) is 6.54 Å². The average Bonchev–Trinajstić information content (AvgIpc) is 2.53. The van der Waals surface area contributed by atoms with Crippen LogP contribution in [0.4, 0.5) is 5.69 Å². The Labute approximate surface area is 125 Å².